The van der Waals surface area contributed by atoms with Crippen molar-refractivity contribution in [2.24, 2.45) is 0 Å². The highest BCUT2D eigenvalue weighted by atomic mass is 16.7. The van der Waals surface area contributed by atoms with Crippen molar-refractivity contribution in [3.05, 3.63) is 40.6 Å². The lowest BCUT2D eigenvalue weighted by Gasteiger charge is -2.39. The number of carbonyl (C=O) groups is 1. The number of aliphatic hydroxyl groups is 7. The number of benzene rings is 2. The van der Waals surface area contributed by atoms with Crippen LogP contribution in [0.4, 0.5) is 0 Å². The molecule has 0 saturated carbocycles. The maximum Gasteiger partial charge on any atom is 0.335 e. The third-order valence-corrected chi connectivity index (χ3v) is 7.30. The van der Waals surface area contributed by atoms with E-state index in [1.54, 1.807) is 0 Å². The first kappa shape index (κ1) is 32.2. The lowest BCUT2D eigenvalue weighted by molar-refractivity contribution is -0.277. The van der Waals surface area contributed by atoms with Crippen LogP contribution in [0.5, 0.6) is 28.7 Å². The molecule has 1 aromatic heterocycles. The molecule has 10 unspecified atom stereocenters. The Bertz CT molecular complexity index is 1640. The predicted molar refractivity (Wildman–Crippen MR) is 142 cm³/mol. The average Bonchev–Trinajstić information content (AvgIpc) is 3.00. The molecular weight excluding hydrogens is 612 g/mol. The SMILES string of the molecule is O=C(O)C1OC(Oc2cc(-c3oc4cc(OC5OC(CO)C(O)C(O)C5O)cc(O)c4c(=O)c3O)ccc2O)C(O)C(O)C1O. The smallest absolute Gasteiger partial charge is 0.335 e. The molecule has 2 aliphatic heterocycles. The molecule has 18 nitrogen and oxygen atoms in total. The van der Waals surface area contributed by atoms with Crippen LogP contribution in [0.25, 0.3) is 22.3 Å². The Morgan fingerprint density at radius 1 is 0.778 bits per heavy atom. The van der Waals surface area contributed by atoms with Crippen molar-refractivity contribution in [1.29, 1.82) is 0 Å². The van der Waals surface area contributed by atoms with Crippen molar-refractivity contribution >= 4 is 16.9 Å². The monoisotopic (exact) mass is 640 g/mol. The van der Waals surface area contributed by atoms with E-state index in [0.717, 1.165) is 30.3 Å². The van der Waals surface area contributed by atoms with Crippen LogP contribution in [0.1, 0.15) is 0 Å². The molecule has 3 heterocycles. The minimum Gasteiger partial charge on any atom is -0.507 e. The van der Waals surface area contributed by atoms with Gasteiger partial charge in [-0.25, -0.2) is 4.79 Å². The topological polar surface area (TPSA) is 307 Å². The number of carboxylic acid groups (broad SMARTS) is 1. The summed E-state index contributed by atoms with van der Waals surface area (Å²) in [5, 5.41) is 110. The van der Waals surface area contributed by atoms with Crippen molar-refractivity contribution in [3.63, 3.8) is 0 Å². The molecule has 0 aliphatic carbocycles. The third-order valence-electron chi connectivity index (χ3n) is 7.30. The summed E-state index contributed by atoms with van der Waals surface area (Å²) in [6.45, 7) is -0.738. The van der Waals surface area contributed by atoms with Crippen LogP contribution in [0.2, 0.25) is 0 Å². The maximum atomic E-state index is 13.0. The molecule has 3 aromatic rings. The van der Waals surface area contributed by atoms with Crippen LogP contribution in [0, 0.1) is 0 Å². The van der Waals surface area contributed by atoms with Crippen molar-refractivity contribution in [1.82, 2.24) is 0 Å². The second-order valence-corrected chi connectivity index (χ2v) is 10.3. The van der Waals surface area contributed by atoms with Crippen LogP contribution < -0.4 is 14.9 Å². The molecule has 5 rings (SSSR count). The standard InChI is InChI=1S/C27H28O18/c28-6-13-15(31)17(33)21(37)26(44-13)41-8-4-10(30)14-12(5-8)42-23(19(35)16(14)32)7-1-2-9(29)11(3-7)43-27-22(38)18(34)20(36)24(45-27)25(39)40/h1-5,13,15,17-18,20-22,24,26-31,33-38H,6H2,(H,39,40). The lowest BCUT2D eigenvalue weighted by atomic mass is 9.99. The van der Waals surface area contributed by atoms with Crippen LogP contribution in [-0.4, -0.2) is 130 Å². The second kappa shape index (κ2) is 12.3. The molecule has 0 radical (unpaired) electrons. The highest BCUT2D eigenvalue weighted by Gasteiger charge is 2.48. The summed E-state index contributed by atoms with van der Waals surface area (Å²) in [5.74, 6) is -5.35. The van der Waals surface area contributed by atoms with Gasteiger partial charge < -0.3 is 79.5 Å². The number of ether oxygens (including phenoxy) is 4. The minimum absolute atomic E-state index is 0.139. The van der Waals surface area contributed by atoms with Crippen LogP contribution >= 0.6 is 0 Å². The largest absolute Gasteiger partial charge is 0.507 e. The molecule has 11 N–H and O–H groups in total. The van der Waals surface area contributed by atoms with E-state index in [-0.39, 0.29) is 16.9 Å². The molecule has 18 heteroatoms. The van der Waals surface area contributed by atoms with E-state index in [2.05, 4.69) is 0 Å². The number of hydrogen-bond donors (Lipinski definition) is 11. The van der Waals surface area contributed by atoms with E-state index < -0.39 is 114 Å². The van der Waals surface area contributed by atoms with Crippen molar-refractivity contribution < 1.29 is 84.3 Å². The number of rotatable bonds is 7. The van der Waals surface area contributed by atoms with Gasteiger partial charge in [-0.05, 0) is 18.2 Å². The fourth-order valence-electron chi connectivity index (χ4n) is 4.85. The summed E-state index contributed by atoms with van der Waals surface area (Å²) < 4.78 is 26.8. The minimum atomic E-state index is -2.01. The summed E-state index contributed by atoms with van der Waals surface area (Å²) in [4.78, 5) is 24.4. The third kappa shape index (κ3) is 5.81. The Morgan fingerprint density at radius 3 is 2.07 bits per heavy atom. The molecule has 2 saturated heterocycles. The number of phenolic OH excluding ortho intramolecular Hbond substituents is 2. The zero-order valence-corrected chi connectivity index (χ0v) is 22.6. The van der Waals surface area contributed by atoms with E-state index in [0.29, 0.717) is 0 Å². The lowest BCUT2D eigenvalue weighted by Crippen LogP contribution is -2.61. The van der Waals surface area contributed by atoms with Crippen molar-refractivity contribution in [3.8, 4) is 40.1 Å². The van der Waals surface area contributed by atoms with Gasteiger partial charge in [0.25, 0.3) is 0 Å². The summed E-state index contributed by atoms with van der Waals surface area (Å²) in [6.07, 6.45) is -18.1. The molecule has 2 fully saturated rings. The summed E-state index contributed by atoms with van der Waals surface area (Å²) in [5.41, 5.74) is -1.64. The number of aliphatic carboxylic acids is 1. The van der Waals surface area contributed by atoms with Crippen LogP contribution in [0.15, 0.2) is 39.5 Å². The number of phenols is 2. The second-order valence-electron chi connectivity index (χ2n) is 10.3. The molecule has 0 bridgehead atoms. The van der Waals surface area contributed by atoms with Gasteiger partial charge in [-0.2, -0.15) is 0 Å². The molecule has 0 amide bonds. The highest BCUT2D eigenvalue weighted by molar-refractivity contribution is 5.88. The van der Waals surface area contributed by atoms with Gasteiger partial charge >= 0.3 is 5.97 Å². The Kier molecular flexibility index (Phi) is 8.77. The number of carboxylic acids is 1. The zero-order valence-electron chi connectivity index (χ0n) is 22.6. The quantitative estimate of drug-likeness (QED) is 0.123. The molecule has 2 aromatic carbocycles. The van der Waals surface area contributed by atoms with E-state index >= 15 is 0 Å². The van der Waals surface area contributed by atoms with E-state index in [9.17, 15) is 65.8 Å². The van der Waals surface area contributed by atoms with Gasteiger partial charge in [-0.3, -0.25) is 4.79 Å². The molecule has 45 heavy (non-hydrogen) atoms. The molecule has 0 spiro atoms. The highest BCUT2D eigenvalue weighted by Crippen LogP contribution is 2.40. The Hall–Kier alpha value is -4.24. The van der Waals surface area contributed by atoms with Crippen molar-refractivity contribution in [2.45, 2.75) is 61.4 Å². The van der Waals surface area contributed by atoms with E-state index in [1.165, 1.54) is 0 Å². The molecule has 10 atom stereocenters. The number of aromatic hydroxyl groups is 3. The van der Waals surface area contributed by atoms with E-state index in [1.807, 2.05) is 0 Å². The van der Waals surface area contributed by atoms with Gasteiger partial charge in [0, 0.05) is 17.7 Å². The van der Waals surface area contributed by atoms with Gasteiger partial charge in [0.2, 0.25) is 23.8 Å². The van der Waals surface area contributed by atoms with Crippen LogP contribution in [-0.2, 0) is 14.3 Å². The average molecular weight is 641 g/mol. The van der Waals surface area contributed by atoms with Gasteiger partial charge in [0.05, 0.1) is 6.61 Å². The molecular formula is C27H28O18. The van der Waals surface area contributed by atoms with Gasteiger partial charge in [0.1, 0.15) is 65.2 Å². The zero-order chi connectivity index (χ0) is 32.9. The first-order valence-corrected chi connectivity index (χ1v) is 13.2. The summed E-state index contributed by atoms with van der Waals surface area (Å²) >= 11 is 0. The summed E-state index contributed by atoms with van der Waals surface area (Å²) in [6, 6.07) is 5.15. The van der Waals surface area contributed by atoms with Gasteiger partial charge in [-0.15, -0.1) is 0 Å². The van der Waals surface area contributed by atoms with E-state index in [4.69, 9.17) is 23.4 Å². The van der Waals surface area contributed by atoms with Crippen LogP contribution in [0.3, 0.4) is 0 Å². The van der Waals surface area contributed by atoms with Gasteiger partial charge in [-0.1, -0.05) is 0 Å². The summed E-state index contributed by atoms with van der Waals surface area (Å²) in [7, 11) is 0. The fourth-order valence-corrected chi connectivity index (χ4v) is 4.85. The molecule has 2 aliphatic rings. The maximum absolute atomic E-state index is 13.0. The number of fused-ring (bicyclic) bond motifs is 1. The Morgan fingerprint density at radius 2 is 1.42 bits per heavy atom. The van der Waals surface area contributed by atoms with Crippen molar-refractivity contribution in [2.75, 3.05) is 6.61 Å². The predicted octanol–water partition coefficient (Wildman–Crippen LogP) is -2.97. The fraction of sp³-hybridized carbons (Fsp3) is 0.407. The number of aliphatic hydroxyl groups excluding tert-OH is 7. The number of hydrogen-bond acceptors (Lipinski definition) is 17. The Balaban J connectivity index is 1.49. The Labute approximate surface area is 250 Å². The first-order valence-electron chi connectivity index (χ1n) is 13.2. The normalized spacial score (nSPS) is 31.9. The van der Waals surface area contributed by atoms with Gasteiger partial charge in [0.15, 0.2) is 23.4 Å². The first-order chi connectivity index (χ1) is 21.2. The molecule has 244 valence electrons.